The summed E-state index contributed by atoms with van der Waals surface area (Å²) in [6.45, 7) is 6.28. The van der Waals surface area contributed by atoms with Crippen molar-refractivity contribution in [2.24, 2.45) is 0 Å². The molecule has 0 spiro atoms. The molecular weight excluding hydrogens is 432 g/mol. The summed E-state index contributed by atoms with van der Waals surface area (Å²) in [5, 5.41) is 27.1. The molecule has 174 valence electrons. The van der Waals surface area contributed by atoms with Crippen LogP contribution in [0.2, 0.25) is 0 Å². The first-order valence-corrected chi connectivity index (χ1v) is 11.3. The fourth-order valence-corrected chi connectivity index (χ4v) is 4.77. The van der Waals surface area contributed by atoms with Crippen molar-refractivity contribution in [1.82, 2.24) is 25.0 Å². The molecular formula is C25H26N6O3. The molecule has 3 aromatic rings. The Morgan fingerprint density at radius 1 is 1.32 bits per heavy atom. The van der Waals surface area contributed by atoms with Crippen LogP contribution in [0.5, 0.6) is 0 Å². The van der Waals surface area contributed by atoms with E-state index in [1.54, 1.807) is 10.9 Å². The maximum atomic E-state index is 11.9. The summed E-state index contributed by atoms with van der Waals surface area (Å²) in [6, 6.07) is 7.89. The van der Waals surface area contributed by atoms with Crippen molar-refractivity contribution in [3.8, 4) is 11.9 Å². The molecule has 2 aliphatic rings. The van der Waals surface area contributed by atoms with Gasteiger partial charge in [0, 0.05) is 55.2 Å². The normalized spacial score (nSPS) is 20.1. The van der Waals surface area contributed by atoms with Gasteiger partial charge in [0.25, 0.3) is 0 Å². The van der Waals surface area contributed by atoms with Crippen LogP contribution in [0.4, 0.5) is 0 Å². The third-order valence-electron chi connectivity index (χ3n) is 6.80. The second-order valence-electron chi connectivity index (χ2n) is 8.87. The van der Waals surface area contributed by atoms with Gasteiger partial charge in [0.15, 0.2) is 5.82 Å². The highest BCUT2D eigenvalue weighted by atomic mass is 16.5. The number of aliphatic hydroxyl groups excluding tert-OH is 1. The molecule has 2 N–H and O–H groups in total. The summed E-state index contributed by atoms with van der Waals surface area (Å²) < 4.78 is 6.91. The van der Waals surface area contributed by atoms with Crippen molar-refractivity contribution in [3.63, 3.8) is 0 Å². The number of esters is 1. The molecule has 9 nitrogen and oxygen atoms in total. The number of hydrogen-bond acceptors (Lipinski definition) is 8. The van der Waals surface area contributed by atoms with E-state index < -0.39 is 0 Å². The number of nitrogens with one attached hydrogen (secondary N) is 1. The van der Waals surface area contributed by atoms with Crippen LogP contribution < -0.4 is 5.32 Å². The van der Waals surface area contributed by atoms with Crippen molar-refractivity contribution < 1.29 is 14.6 Å². The number of carbonyl (C=O) groups excluding carboxylic acids is 1. The van der Waals surface area contributed by atoms with Crippen LogP contribution in [0.15, 0.2) is 36.8 Å². The molecule has 2 atom stereocenters. The van der Waals surface area contributed by atoms with E-state index in [4.69, 9.17) is 10.00 Å². The summed E-state index contributed by atoms with van der Waals surface area (Å²) in [5.74, 6) is 0.400. The number of aliphatic hydroxyl groups is 1. The molecule has 2 unspecified atom stereocenters. The van der Waals surface area contributed by atoms with Crippen LogP contribution in [-0.4, -0.2) is 56.5 Å². The lowest BCUT2D eigenvalue weighted by Gasteiger charge is -2.40. The van der Waals surface area contributed by atoms with Crippen molar-refractivity contribution in [1.29, 1.82) is 5.26 Å². The van der Waals surface area contributed by atoms with Gasteiger partial charge in [-0.3, -0.25) is 4.90 Å². The van der Waals surface area contributed by atoms with E-state index in [0.717, 1.165) is 27.8 Å². The quantitative estimate of drug-likeness (QED) is 0.557. The number of piperazine rings is 1. The van der Waals surface area contributed by atoms with E-state index in [1.165, 1.54) is 0 Å². The van der Waals surface area contributed by atoms with E-state index in [9.17, 15) is 9.90 Å². The van der Waals surface area contributed by atoms with Crippen LogP contribution in [0.1, 0.15) is 49.8 Å². The van der Waals surface area contributed by atoms with Crippen LogP contribution in [0.25, 0.3) is 5.82 Å². The summed E-state index contributed by atoms with van der Waals surface area (Å²) in [5.41, 5.74) is 6.25. The number of aromatic nitrogens is 3. The van der Waals surface area contributed by atoms with E-state index in [1.807, 2.05) is 44.4 Å². The predicted octanol–water partition coefficient (Wildman–Crippen LogP) is 1.93. The third kappa shape index (κ3) is 3.96. The average molecular weight is 459 g/mol. The minimum atomic E-state index is -0.257. The lowest BCUT2D eigenvalue weighted by Crippen LogP contribution is -2.53. The second kappa shape index (κ2) is 8.99. The molecule has 0 bridgehead atoms. The Hall–Kier alpha value is -3.58. The second-order valence-corrected chi connectivity index (χ2v) is 8.87. The summed E-state index contributed by atoms with van der Waals surface area (Å²) >= 11 is 0. The van der Waals surface area contributed by atoms with E-state index >= 15 is 0 Å². The highest BCUT2D eigenvalue weighted by Crippen LogP contribution is 2.31. The number of nitrogens with zero attached hydrogens (tertiary/aromatic N) is 5. The highest BCUT2D eigenvalue weighted by molar-refractivity contribution is 5.94. The molecule has 1 aromatic carbocycles. The zero-order chi connectivity index (χ0) is 23.8. The SMILES string of the molecule is Cc1cc(-n2cc(CN3CC(c4ccc5c(c4C)COC5=O)NCC3CO)cn2)ncc1C#N. The van der Waals surface area contributed by atoms with Gasteiger partial charge in [0.2, 0.25) is 0 Å². The Bertz CT molecular complexity index is 1290. The first kappa shape index (κ1) is 22.2. The van der Waals surface area contributed by atoms with Crippen molar-refractivity contribution in [2.75, 3.05) is 19.7 Å². The molecule has 0 radical (unpaired) electrons. The highest BCUT2D eigenvalue weighted by Gasteiger charge is 2.31. The van der Waals surface area contributed by atoms with E-state index in [2.05, 4.69) is 26.4 Å². The number of rotatable bonds is 5. The molecule has 1 fully saturated rings. The van der Waals surface area contributed by atoms with E-state index in [-0.39, 0.29) is 24.7 Å². The summed E-state index contributed by atoms with van der Waals surface area (Å²) in [4.78, 5) is 18.5. The molecule has 2 aromatic heterocycles. The number of fused-ring (bicyclic) bond motifs is 1. The molecule has 0 aliphatic carbocycles. The average Bonchev–Trinajstić information content (AvgIpc) is 3.46. The molecule has 9 heteroatoms. The number of carbonyl (C=O) groups is 1. The molecule has 34 heavy (non-hydrogen) atoms. The molecule has 0 amide bonds. The molecule has 0 saturated carbocycles. The third-order valence-corrected chi connectivity index (χ3v) is 6.80. The van der Waals surface area contributed by atoms with Gasteiger partial charge >= 0.3 is 5.97 Å². The largest absolute Gasteiger partial charge is 0.457 e. The Balaban J connectivity index is 1.35. The summed E-state index contributed by atoms with van der Waals surface area (Å²) in [7, 11) is 0. The van der Waals surface area contributed by atoms with Crippen LogP contribution in [0, 0.1) is 25.2 Å². The molecule has 4 heterocycles. The van der Waals surface area contributed by atoms with Gasteiger partial charge in [-0.15, -0.1) is 0 Å². The van der Waals surface area contributed by atoms with E-state index in [0.29, 0.717) is 43.2 Å². The number of nitriles is 1. The molecule has 5 rings (SSSR count). The number of pyridine rings is 1. The van der Waals surface area contributed by atoms with Crippen molar-refractivity contribution >= 4 is 5.97 Å². The maximum absolute atomic E-state index is 11.9. The van der Waals surface area contributed by atoms with Crippen molar-refractivity contribution in [2.45, 2.75) is 39.1 Å². The van der Waals surface area contributed by atoms with Crippen molar-refractivity contribution in [3.05, 3.63) is 75.7 Å². The first-order chi connectivity index (χ1) is 16.5. The summed E-state index contributed by atoms with van der Waals surface area (Å²) in [6.07, 6.45) is 5.31. The fraction of sp³-hybridized carbons (Fsp3) is 0.360. The number of cyclic esters (lactones) is 1. The van der Waals surface area contributed by atoms with Gasteiger partial charge < -0.3 is 15.2 Å². The Labute approximate surface area is 197 Å². The number of ether oxygens (including phenoxy) is 1. The van der Waals surface area contributed by atoms with Crippen LogP contribution in [-0.2, 0) is 17.9 Å². The monoisotopic (exact) mass is 458 g/mol. The predicted molar refractivity (Wildman–Crippen MR) is 123 cm³/mol. The topological polar surface area (TPSA) is 116 Å². The molecule has 2 aliphatic heterocycles. The molecule has 1 saturated heterocycles. The van der Waals surface area contributed by atoms with Gasteiger partial charge in [0.05, 0.1) is 23.9 Å². The minimum absolute atomic E-state index is 0.0190. The van der Waals surface area contributed by atoms with Crippen LogP contribution >= 0.6 is 0 Å². The van der Waals surface area contributed by atoms with Crippen LogP contribution in [0.3, 0.4) is 0 Å². The van der Waals surface area contributed by atoms with Gasteiger partial charge in [-0.25, -0.2) is 14.5 Å². The first-order valence-electron chi connectivity index (χ1n) is 11.3. The smallest absolute Gasteiger partial charge is 0.338 e. The zero-order valence-corrected chi connectivity index (χ0v) is 19.2. The number of benzene rings is 1. The van der Waals surface area contributed by atoms with Gasteiger partial charge in [-0.05, 0) is 42.7 Å². The Kier molecular flexibility index (Phi) is 5.87. The lowest BCUT2D eigenvalue weighted by molar-refractivity contribution is 0.0535. The number of aryl methyl sites for hydroxylation is 1. The standard InChI is InChI=1S/C25H26N6O3/c1-15-5-24(28-8-18(15)6-26)31-11-17(7-29-31)10-30-12-23(27-9-19(30)13-32)20-3-4-21-22(16(20)2)14-34-25(21)33/h3-5,7-8,11,19,23,27,32H,9-10,12-14H2,1-2H3. The van der Waals surface area contributed by atoms with Gasteiger partial charge in [0.1, 0.15) is 12.7 Å². The fourth-order valence-electron chi connectivity index (χ4n) is 4.77. The maximum Gasteiger partial charge on any atom is 0.338 e. The Morgan fingerprint density at radius 2 is 2.18 bits per heavy atom. The lowest BCUT2D eigenvalue weighted by atomic mass is 9.92. The Morgan fingerprint density at radius 3 is 2.94 bits per heavy atom. The number of hydrogen-bond donors (Lipinski definition) is 2. The van der Waals surface area contributed by atoms with Gasteiger partial charge in [-0.1, -0.05) is 6.07 Å². The zero-order valence-electron chi connectivity index (χ0n) is 19.2. The minimum Gasteiger partial charge on any atom is -0.457 e. The van der Waals surface area contributed by atoms with Gasteiger partial charge in [-0.2, -0.15) is 10.4 Å².